The third-order valence-electron chi connectivity index (χ3n) is 2.60. The zero-order chi connectivity index (χ0) is 13.5. The lowest BCUT2D eigenvalue weighted by Gasteiger charge is -2.11. The van der Waals surface area contributed by atoms with E-state index < -0.39 is 6.10 Å². The number of carbonyl (C=O) groups is 1. The molecule has 0 heterocycles. The van der Waals surface area contributed by atoms with E-state index in [1.54, 1.807) is 0 Å². The van der Waals surface area contributed by atoms with Gasteiger partial charge in [-0.15, -0.1) is 0 Å². The van der Waals surface area contributed by atoms with E-state index in [0.717, 1.165) is 0 Å². The van der Waals surface area contributed by atoms with E-state index in [0.29, 0.717) is 18.4 Å². The Bertz CT molecular complexity index is 387. The summed E-state index contributed by atoms with van der Waals surface area (Å²) in [6.07, 6.45) is -0.411. The predicted octanol–water partition coefficient (Wildman–Crippen LogP) is 2.11. The van der Waals surface area contributed by atoms with Gasteiger partial charge in [-0.25, -0.2) is 0 Å². The lowest BCUT2D eigenvalue weighted by atomic mass is 10.1. The first-order valence-corrected chi connectivity index (χ1v) is 7.17. The number of aliphatic hydroxyl groups excluding tert-OH is 1. The molecule has 100 valence electrons. The molecule has 0 fully saturated rings. The zero-order valence-corrected chi connectivity index (χ0v) is 12.5. The highest BCUT2D eigenvalue weighted by atomic mass is 79.9. The number of ketones is 1. The van der Waals surface area contributed by atoms with Crippen LogP contribution in [0.15, 0.2) is 18.2 Å². The number of Topliss-reactive ketones (excluding diaryl/α,β-unsaturated/α-hetero) is 1. The van der Waals surface area contributed by atoms with E-state index in [-0.39, 0.29) is 12.2 Å². The molecule has 1 aromatic carbocycles. The number of aryl methyl sites for hydroxylation is 2. The molecule has 2 N–H and O–H groups in total. The highest BCUT2D eigenvalue weighted by Crippen LogP contribution is 2.08. The Balaban J connectivity index is 2.35. The fourth-order valence-corrected chi connectivity index (χ4v) is 2.17. The molecule has 0 aliphatic rings. The highest BCUT2D eigenvalue weighted by molar-refractivity contribution is 9.09. The van der Waals surface area contributed by atoms with Crippen LogP contribution in [0.5, 0.6) is 0 Å². The summed E-state index contributed by atoms with van der Waals surface area (Å²) in [6, 6.07) is 6.37. The lowest BCUT2D eigenvalue weighted by Crippen LogP contribution is -2.28. The normalized spacial score (nSPS) is 12.4. The van der Waals surface area contributed by atoms with Gasteiger partial charge in [0.25, 0.3) is 0 Å². The van der Waals surface area contributed by atoms with Crippen molar-refractivity contribution in [3.63, 3.8) is 0 Å². The quantitative estimate of drug-likeness (QED) is 0.758. The molecule has 1 rings (SSSR count). The molecule has 0 saturated heterocycles. The Morgan fingerprint density at radius 2 is 1.94 bits per heavy atom. The zero-order valence-electron chi connectivity index (χ0n) is 10.9. The minimum absolute atomic E-state index is 0.0238. The van der Waals surface area contributed by atoms with Crippen molar-refractivity contribution in [3.8, 4) is 0 Å². The van der Waals surface area contributed by atoms with Crippen LogP contribution in [0, 0.1) is 13.8 Å². The molecule has 0 spiro atoms. The van der Waals surface area contributed by atoms with Crippen molar-refractivity contribution >= 4 is 21.7 Å². The van der Waals surface area contributed by atoms with Crippen LogP contribution in [-0.2, 0) is 11.3 Å². The molecule has 1 atom stereocenters. The number of rotatable bonds is 7. The predicted molar refractivity (Wildman–Crippen MR) is 77.0 cm³/mol. The SMILES string of the molecule is Cc1cc(C)cc(CNCC(O)CC(=O)CBr)c1. The Hall–Kier alpha value is -0.710. The second-order valence-electron chi connectivity index (χ2n) is 4.66. The molecule has 0 aliphatic carbocycles. The largest absolute Gasteiger partial charge is 0.391 e. The second-order valence-corrected chi connectivity index (χ2v) is 5.22. The summed E-state index contributed by atoms with van der Waals surface area (Å²) in [6.45, 7) is 5.29. The van der Waals surface area contributed by atoms with Gasteiger partial charge in [0.15, 0.2) is 0 Å². The van der Waals surface area contributed by atoms with Crippen molar-refractivity contribution in [1.82, 2.24) is 5.32 Å². The molecule has 3 nitrogen and oxygen atoms in total. The van der Waals surface area contributed by atoms with E-state index in [1.807, 2.05) is 0 Å². The summed E-state index contributed by atoms with van der Waals surface area (Å²) in [5.41, 5.74) is 3.68. The first kappa shape index (κ1) is 15.3. The van der Waals surface area contributed by atoms with Crippen LogP contribution in [0.2, 0.25) is 0 Å². The van der Waals surface area contributed by atoms with E-state index >= 15 is 0 Å². The average Bonchev–Trinajstić information content (AvgIpc) is 2.27. The highest BCUT2D eigenvalue weighted by Gasteiger charge is 2.09. The summed E-state index contributed by atoms with van der Waals surface area (Å²) in [7, 11) is 0. The molecule has 0 bridgehead atoms. The molecule has 1 aromatic rings. The van der Waals surface area contributed by atoms with Gasteiger partial charge in [0, 0.05) is 19.5 Å². The summed E-state index contributed by atoms with van der Waals surface area (Å²) < 4.78 is 0. The average molecular weight is 314 g/mol. The van der Waals surface area contributed by atoms with Crippen LogP contribution >= 0.6 is 15.9 Å². The number of aliphatic hydroxyl groups is 1. The van der Waals surface area contributed by atoms with Crippen LogP contribution < -0.4 is 5.32 Å². The summed E-state index contributed by atoms with van der Waals surface area (Å²) >= 11 is 3.08. The topological polar surface area (TPSA) is 49.3 Å². The van der Waals surface area contributed by atoms with Crippen LogP contribution in [0.4, 0.5) is 0 Å². The third kappa shape index (κ3) is 5.76. The number of alkyl halides is 1. The minimum Gasteiger partial charge on any atom is -0.391 e. The number of halogens is 1. The van der Waals surface area contributed by atoms with Crippen molar-refractivity contribution in [2.24, 2.45) is 0 Å². The monoisotopic (exact) mass is 313 g/mol. The number of benzene rings is 1. The maximum Gasteiger partial charge on any atom is 0.146 e. The first-order valence-electron chi connectivity index (χ1n) is 6.05. The summed E-state index contributed by atoms with van der Waals surface area (Å²) in [4.78, 5) is 11.1. The molecule has 0 amide bonds. The van der Waals surface area contributed by atoms with E-state index in [4.69, 9.17) is 0 Å². The van der Waals surface area contributed by atoms with Gasteiger partial charge in [0.1, 0.15) is 5.78 Å². The van der Waals surface area contributed by atoms with Crippen molar-refractivity contribution in [2.75, 3.05) is 11.9 Å². The Labute approximate surface area is 117 Å². The van der Waals surface area contributed by atoms with Gasteiger partial charge in [-0.05, 0) is 19.4 Å². The maximum atomic E-state index is 11.1. The third-order valence-corrected chi connectivity index (χ3v) is 3.23. The minimum atomic E-state index is -0.610. The molecule has 0 saturated carbocycles. The number of nitrogens with one attached hydrogen (secondary N) is 1. The van der Waals surface area contributed by atoms with Crippen molar-refractivity contribution < 1.29 is 9.90 Å². The number of hydrogen-bond acceptors (Lipinski definition) is 3. The molecule has 18 heavy (non-hydrogen) atoms. The molecule has 1 unspecified atom stereocenters. The number of carbonyl (C=O) groups excluding carboxylic acids is 1. The summed E-state index contributed by atoms with van der Waals surface area (Å²) in [5, 5.41) is 13.1. The van der Waals surface area contributed by atoms with Crippen LogP contribution in [0.3, 0.4) is 0 Å². The molecule has 0 aromatic heterocycles. The molecule has 0 radical (unpaired) electrons. The molecule has 4 heteroatoms. The second kappa shape index (κ2) is 7.67. The van der Waals surface area contributed by atoms with E-state index in [9.17, 15) is 9.90 Å². The van der Waals surface area contributed by atoms with Gasteiger partial charge >= 0.3 is 0 Å². The van der Waals surface area contributed by atoms with E-state index in [2.05, 4.69) is 53.3 Å². The smallest absolute Gasteiger partial charge is 0.146 e. The molecule has 0 aliphatic heterocycles. The van der Waals surface area contributed by atoms with Gasteiger partial charge in [0.2, 0.25) is 0 Å². The Morgan fingerprint density at radius 1 is 1.33 bits per heavy atom. The van der Waals surface area contributed by atoms with Crippen LogP contribution in [-0.4, -0.2) is 28.9 Å². The van der Waals surface area contributed by atoms with Crippen LogP contribution in [0.25, 0.3) is 0 Å². The Kier molecular flexibility index (Phi) is 6.54. The summed E-state index contributed by atoms with van der Waals surface area (Å²) in [5.74, 6) is 0.0238. The fourth-order valence-electron chi connectivity index (χ4n) is 1.94. The van der Waals surface area contributed by atoms with Gasteiger partial charge in [0.05, 0.1) is 11.4 Å². The van der Waals surface area contributed by atoms with Crippen molar-refractivity contribution in [1.29, 1.82) is 0 Å². The van der Waals surface area contributed by atoms with E-state index in [1.165, 1.54) is 16.7 Å². The van der Waals surface area contributed by atoms with Gasteiger partial charge < -0.3 is 10.4 Å². The van der Waals surface area contributed by atoms with Crippen molar-refractivity contribution in [2.45, 2.75) is 32.9 Å². The number of hydrogen-bond donors (Lipinski definition) is 2. The van der Waals surface area contributed by atoms with Crippen LogP contribution in [0.1, 0.15) is 23.1 Å². The lowest BCUT2D eigenvalue weighted by molar-refractivity contribution is -0.118. The van der Waals surface area contributed by atoms with Crippen molar-refractivity contribution in [3.05, 3.63) is 34.9 Å². The Morgan fingerprint density at radius 3 is 2.50 bits per heavy atom. The maximum absolute atomic E-state index is 11.1. The fraction of sp³-hybridized carbons (Fsp3) is 0.500. The molecular weight excluding hydrogens is 294 g/mol. The molecular formula is C14H20BrNO2. The van der Waals surface area contributed by atoms with Gasteiger partial charge in [-0.1, -0.05) is 45.3 Å². The standard InChI is InChI=1S/C14H20BrNO2/c1-10-3-11(2)5-12(4-10)8-16-9-14(18)6-13(17)7-15/h3-5,14,16,18H,6-9H2,1-2H3. The van der Waals surface area contributed by atoms with Gasteiger partial charge in [-0.3, -0.25) is 4.79 Å². The first-order chi connectivity index (χ1) is 8.51. The van der Waals surface area contributed by atoms with Gasteiger partial charge in [-0.2, -0.15) is 0 Å².